The fraction of sp³-hybridized carbons (Fsp3) is 1.00. The molecule has 0 amide bonds. The molecule has 0 aromatic rings. The van der Waals surface area contributed by atoms with Gasteiger partial charge < -0.3 is 4.74 Å². The summed E-state index contributed by atoms with van der Waals surface area (Å²) in [5, 5.41) is 0. The van der Waals surface area contributed by atoms with Crippen LogP contribution >= 0.6 is 0 Å². The van der Waals surface area contributed by atoms with Crippen LogP contribution in [0.25, 0.3) is 0 Å². The molecule has 1 aliphatic heterocycles. The minimum atomic E-state index is 0.651. The van der Waals surface area contributed by atoms with E-state index in [1.807, 2.05) is 0 Å². The fourth-order valence-corrected chi connectivity index (χ4v) is 2.45. The summed E-state index contributed by atoms with van der Waals surface area (Å²) in [5.41, 5.74) is 0. The first-order chi connectivity index (χ1) is 8.43. The summed E-state index contributed by atoms with van der Waals surface area (Å²) < 4.78 is 5.21. The van der Waals surface area contributed by atoms with E-state index in [0.29, 0.717) is 6.10 Å². The Hall–Kier alpha value is -0.0400. The van der Waals surface area contributed by atoms with Gasteiger partial charge in [-0.1, -0.05) is 84.0 Å². The molecule has 1 heteroatoms. The summed E-state index contributed by atoms with van der Waals surface area (Å²) in [6.07, 6.45) is 19.3. The van der Waals surface area contributed by atoms with E-state index in [-0.39, 0.29) is 0 Å². The normalized spacial score (nSPS) is 18.5. The van der Waals surface area contributed by atoms with Crippen LogP contribution in [0.2, 0.25) is 0 Å². The van der Waals surface area contributed by atoms with Gasteiger partial charge in [0.1, 0.15) is 0 Å². The molecule has 1 fully saturated rings. The molecule has 1 nitrogen and oxygen atoms in total. The van der Waals surface area contributed by atoms with E-state index in [2.05, 4.69) is 6.92 Å². The lowest BCUT2D eigenvalue weighted by Gasteiger charge is -2.02. The van der Waals surface area contributed by atoms with Crippen LogP contribution in [0.5, 0.6) is 0 Å². The summed E-state index contributed by atoms with van der Waals surface area (Å²) in [4.78, 5) is 0. The molecular formula is C16H32O. The molecule has 0 bridgehead atoms. The molecule has 1 rings (SSSR count). The smallest absolute Gasteiger partial charge is 0.0810 e. The van der Waals surface area contributed by atoms with Gasteiger partial charge in [-0.25, -0.2) is 0 Å². The van der Waals surface area contributed by atoms with E-state index >= 15 is 0 Å². The second-order valence-corrected chi connectivity index (χ2v) is 5.63. The zero-order valence-corrected chi connectivity index (χ0v) is 11.9. The molecule has 0 aliphatic carbocycles. The lowest BCUT2D eigenvalue weighted by molar-refractivity contribution is 0.387. The predicted octanol–water partition coefficient (Wildman–Crippen LogP) is 5.48. The highest BCUT2D eigenvalue weighted by Crippen LogP contribution is 2.18. The molecule has 0 aromatic heterocycles. The highest BCUT2D eigenvalue weighted by atomic mass is 16.6. The molecule has 1 heterocycles. The van der Waals surface area contributed by atoms with Crippen LogP contribution < -0.4 is 0 Å². The van der Waals surface area contributed by atoms with Crippen molar-refractivity contribution in [2.75, 3.05) is 6.61 Å². The van der Waals surface area contributed by atoms with Crippen molar-refractivity contribution in [2.45, 2.75) is 96.5 Å². The van der Waals surface area contributed by atoms with Gasteiger partial charge in [0.2, 0.25) is 0 Å². The average Bonchev–Trinajstić information content (AvgIpc) is 3.15. The molecule has 0 spiro atoms. The van der Waals surface area contributed by atoms with Crippen molar-refractivity contribution >= 4 is 0 Å². The molecular weight excluding hydrogens is 208 g/mol. The number of hydrogen-bond acceptors (Lipinski definition) is 1. The summed E-state index contributed by atoms with van der Waals surface area (Å²) in [6, 6.07) is 0. The molecule has 0 aromatic carbocycles. The maximum Gasteiger partial charge on any atom is 0.0810 e. The third-order valence-electron chi connectivity index (χ3n) is 3.78. The van der Waals surface area contributed by atoms with Crippen LogP contribution in [0.15, 0.2) is 0 Å². The van der Waals surface area contributed by atoms with Crippen molar-refractivity contribution in [2.24, 2.45) is 0 Å². The minimum Gasteiger partial charge on any atom is -0.373 e. The SMILES string of the molecule is CCCCCCCCCCCCCC[C@H]1CO1. The first-order valence-electron chi connectivity index (χ1n) is 8.05. The number of ether oxygens (including phenoxy) is 1. The Balaban J connectivity index is 1.61. The van der Waals surface area contributed by atoms with Gasteiger partial charge in [0.15, 0.2) is 0 Å². The number of epoxide rings is 1. The van der Waals surface area contributed by atoms with E-state index in [0.717, 1.165) is 6.61 Å². The van der Waals surface area contributed by atoms with Gasteiger partial charge in [-0.2, -0.15) is 0 Å². The molecule has 1 atom stereocenters. The van der Waals surface area contributed by atoms with Crippen LogP contribution in [-0.2, 0) is 4.74 Å². The Morgan fingerprint density at radius 2 is 1.12 bits per heavy atom. The van der Waals surface area contributed by atoms with Crippen molar-refractivity contribution in [1.82, 2.24) is 0 Å². The monoisotopic (exact) mass is 240 g/mol. The minimum absolute atomic E-state index is 0.651. The van der Waals surface area contributed by atoms with Crippen molar-refractivity contribution in [3.8, 4) is 0 Å². The van der Waals surface area contributed by atoms with Gasteiger partial charge in [0, 0.05) is 0 Å². The summed E-state index contributed by atoms with van der Waals surface area (Å²) in [6.45, 7) is 3.33. The zero-order valence-electron chi connectivity index (χ0n) is 11.9. The van der Waals surface area contributed by atoms with Gasteiger partial charge in [0.25, 0.3) is 0 Å². The van der Waals surface area contributed by atoms with Crippen LogP contribution in [-0.4, -0.2) is 12.7 Å². The van der Waals surface area contributed by atoms with Crippen LogP contribution in [0.1, 0.15) is 90.4 Å². The Bertz CT molecular complexity index is 152. The van der Waals surface area contributed by atoms with E-state index in [4.69, 9.17) is 4.74 Å². The molecule has 0 saturated carbocycles. The second-order valence-electron chi connectivity index (χ2n) is 5.63. The number of hydrogen-bond donors (Lipinski definition) is 0. The molecule has 0 N–H and O–H groups in total. The van der Waals surface area contributed by atoms with Gasteiger partial charge in [-0.3, -0.25) is 0 Å². The van der Waals surface area contributed by atoms with Gasteiger partial charge in [0.05, 0.1) is 12.7 Å². The standard InChI is InChI=1S/C16H32O/c1-2-3-4-5-6-7-8-9-10-11-12-13-14-16-15-17-16/h16H,2-15H2,1H3/t16-/m0/s1. The van der Waals surface area contributed by atoms with E-state index in [1.165, 1.54) is 83.5 Å². The van der Waals surface area contributed by atoms with Crippen molar-refractivity contribution in [3.63, 3.8) is 0 Å². The molecule has 0 radical (unpaired) electrons. The first kappa shape index (κ1) is 15.0. The van der Waals surface area contributed by atoms with Crippen LogP contribution in [0, 0.1) is 0 Å². The number of rotatable bonds is 13. The maximum atomic E-state index is 5.21. The summed E-state index contributed by atoms with van der Waals surface area (Å²) in [5.74, 6) is 0. The molecule has 1 aliphatic rings. The van der Waals surface area contributed by atoms with E-state index in [9.17, 15) is 0 Å². The maximum absolute atomic E-state index is 5.21. The first-order valence-corrected chi connectivity index (χ1v) is 8.05. The van der Waals surface area contributed by atoms with Crippen molar-refractivity contribution < 1.29 is 4.74 Å². The molecule has 1 saturated heterocycles. The Labute approximate surface area is 108 Å². The Morgan fingerprint density at radius 1 is 0.706 bits per heavy atom. The Morgan fingerprint density at radius 3 is 1.53 bits per heavy atom. The highest BCUT2D eigenvalue weighted by molar-refractivity contribution is 4.68. The molecule has 0 unspecified atom stereocenters. The second kappa shape index (κ2) is 11.1. The quantitative estimate of drug-likeness (QED) is 0.307. The lowest BCUT2D eigenvalue weighted by atomic mass is 10.0. The van der Waals surface area contributed by atoms with Crippen LogP contribution in [0.4, 0.5) is 0 Å². The Kier molecular flexibility index (Phi) is 9.78. The van der Waals surface area contributed by atoms with Crippen molar-refractivity contribution in [1.29, 1.82) is 0 Å². The lowest BCUT2D eigenvalue weighted by Crippen LogP contribution is -1.86. The predicted molar refractivity (Wildman–Crippen MR) is 75.4 cm³/mol. The topological polar surface area (TPSA) is 12.5 Å². The van der Waals surface area contributed by atoms with Crippen LogP contribution in [0.3, 0.4) is 0 Å². The van der Waals surface area contributed by atoms with E-state index < -0.39 is 0 Å². The van der Waals surface area contributed by atoms with Gasteiger partial charge in [-0.05, 0) is 6.42 Å². The molecule has 102 valence electrons. The third-order valence-corrected chi connectivity index (χ3v) is 3.78. The third kappa shape index (κ3) is 10.8. The average molecular weight is 240 g/mol. The summed E-state index contributed by atoms with van der Waals surface area (Å²) in [7, 11) is 0. The van der Waals surface area contributed by atoms with Gasteiger partial charge in [-0.15, -0.1) is 0 Å². The zero-order chi connectivity index (χ0) is 12.2. The molecule has 17 heavy (non-hydrogen) atoms. The highest BCUT2D eigenvalue weighted by Gasteiger charge is 2.20. The summed E-state index contributed by atoms with van der Waals surface area (Å²) >= 11 is 0. The number of unbranched alkanes of at least 4 members (excludes halogenated alkanes) is 11. The largest absolute Gasteiger partial charge is 0.373 e. The van der Waals surface area contributed by atoms with Crippen molar-refractivity contribution in [3.05, 3.63) is 0 Å². The van der Waals surface area contributed by atoms with E-state index in [1.54, 1.807) is 0 Å². The fourth-order valence-electron chi connectivity index (χ4n) is 2.45. The van der Waals surface area contributed by atoms with Gasteiger partial charge >= 0.3 is 0 Å².